The van der Waals surface area contributed by atoms with E-state index < -0.39 is 0 Å². The third-order valence-electron chi connectivity index (χ3n) is 11.5. The first-order valence-electron chi connectivity index (χ1n) is 24.9. The molecule has 5 heteroatoms. The fraction of sp³-hybridized carbons (Fsp3) is 0.885. The Bertz CT molecular complexity index is 800. The predicted molar refractivity (Wildman–Crippen MR) is 263 cm³/mol. The second-order valence-electron chi connectivity index (χ2n) is 18.1. The molecule has 57 heavy (non-hydrogen) atoms. The molecule has 0 saturated carbocycles. The van der Waals surface area contributed by atoms with Gasteiger partial charge in [0.05, 0.1) is 0 Å². The fourth-order valence-corrected chi connectivity index (χ4v) is 8.04. The number of thiocarbonyl (C=S) groups is 2. The third kappa shape index (κ3) is 52.1. The van der Waals surface area contributed by atoms with E-state index in [1.807, 2.05) is 0 Å². The summed E-state index contributed by atoms with van der Waals surface area (Å²) < 4.78 is 0. The van der Waals surface area contributed by atoms with E-state index in [1.165, 1.54) is 205 Å². The van der Waals surface area contributed by atoms with Gasteiger partial charge in [-0.15, -0.1) is 24.4 Å². The normalized spacial score (nSPS) is 12.6. The second-order valence-corrected chi connectivity index (χ2v) is 18.9. The molecular weight excluding hydrogens is 839 g/mol. The van der Waals surface area contributed by atoms with Crippen LogP contribution in [0.4, 0.5) is 0 Å². The van der Waals surface area contributed by atoms with E-state index in [1.54, 1.807) is 0 Å². The Balaban J connectivity index is -0.00000101. The minimum atomic E-state index is 0. The van der Waals surface area contributed by atoms with E-state index in [2.05, 4.69) is 65.8 Å². The molecule has 0 N–H and O–H groups in total. The van der Waals surface area contributed by atoms with Crippen molar-refractivity contribution in [1.82, 2.24) is 0 Å². The first-order chi connectivity index (χ1) is 27.1. The number of hydrogen-bond donors (Lipinski definition) is 0. The monoisotopic (exact) mass is 939 g/mol. The molecule has 0 fully saturated rings. The maximum atomic E-state index is 11.7. The Morgan fingerprint density at radius 1 is 0.351 bits per heavy atom. The largest absolute Gasteiger partial charge is 2.00 e. The summed E-state index contributed by atoms with van der Waals surface area (Å²) in [5.41, 5.74) is 0. The average molecular weight is 938 g/mol. The summed E-state index contributed by atoms with van der Waals surface area (Å²) in [6.45, 7) is 13.7. The van der Waals surface area contributed by atoms with Crippen molar-refractivity contribution < 1.29 is 10.2 Å². The van der Waals surface area contributed by atoms with Gasteiger partial charge in [0.1, 0.15) is 0 Å². The van der Waals surface area contributed by atoms with Crippen LogP contribution in [-0.4, -0.2) is 34.0 Å². The van der Waals surface area contributed by atoms with Crippen molar-refractivity contribution in [2.75, 3.05) is 0 Å². The summed E-state index contributed by atoms with van der Waals surface area (Å²) >= 11 is 9.94. The van der Waals surface area contributed by atoms with Gasteiger partial charge in [-0.2, -0.15) is 0 Å². The van der Waals surface area contributed by atoms with Crippen molar-refractivity contribution >= 4 is 58.4 Å². The first kappa shape index (κ1) is 61.4. The van der Waals surface area contributed by atoms with Crippen LogP contribution in [0.5, 0.6) is 0 Å². The molecule has 2 atom stereocenters. The summed E-state index contributed by atoms with van der Waals surface area (Å²) in [7, 11) is 0. The minimum absolute atomic E-state index is 0. The van der Waals surface area contributed by atoms with E-state index in [4.69, 9.17) is 24.4 Å². The van der Waals surface area contributed by atoms with Crippen LogP contribution < -0.4 is 10.2 Å². The van der Waals surface area contributed by atoms with Gasteiger partial charge in [-0.05, 0) is 101 Å². The molecule has 0 heterocycles. The number of unbranched alkanes of at least 4 members (excludes halogenated alkanes) is 24. The van der Waals surface area contributed by atoms with Gasteiger partial charge in [-0.25, -0.2) is 0 Å². The molecule has 0 spiro atoms. The van der Waals surface area contributed by atoms with Crippen molar-refractivity contribution in [3.63, 3.8) is 0 Å². The first-order valence-corrected chi connectivity index (χ1v) is 25.7. The zero-order valence-corrected chi connectivity index (χ0v) is 43.7. The third-order valence-corrected chi connectivity index (χ3v) is 12.1. The van der Waals surface area contributed by atoms with Crippen molar-refractivity contribution in [1.29, 1.82) is 0 Å². The van der Waals surface area contributed by atoms with E-state index >= 15 is 0 Å². The molecule has 2 unspecified atom stereocenters. The van der Waals surface area contributed by atoms with Crippen LogP contribution in [0.1, 0.15) is 273 Å². The van der Waals surface area contributed by atoms with Crippen LogP contribution in [0, 0.1) is 23.7 Å². The van der Waals surface area contributed by atoms with Gasteiger partial charge in [0.25, 0.3) is 0 Å². The SMILES string of the molecule is CCCCCCCC/C=C\CCCCCCC(CCCCCC(C)C)C([O-])=S.CCCCCCCC/C=C\CCCCCCC(CCCCCC(C)C)C([O-])=S.[Sn+2]. The smallest absolute Gasteiger partial charge is 0.867 e. The summed E-state index contributed by atoms with van der Waals surface area (Å²) in [4.78, 5) is 0. The Kier molecular flexibility index (Phi) is 54.3. The molecule has 0 aliphatic rings. The van der Waals surface area contributed by atoms with E-state index in [0.717, 1.165) is 37.5 Å². The van der Waals surface area contributed by atoms with Gasteiger partial charge in [0.15, 0.2) is 0 Å². The molecule has 0 aromatic heterocycles. The molecule has 0 aliphatic carbocycles. The molecule has 334 valence electrons. The summed E-state index contributed by atoms with van der Waals surface area (Å²) in [6.07, 6.45) is 55.1. The summed E-state index contributed by atoms with van der Waals surface area (Å²) in [5, 5.41) is 23.4. The van der Waals surface area contributed by atoms with Crippen LogP contribution in [0.15, 0.2) is 24.3 Å². The van der Waals surface area contributed by atoms with Gasteiger partial charge in [0.2, 0.25) is 0 Å². The van der Waals surface area contributed by atoms with Gasteiger partial charge in [-0.3, -0.25) is 0 Å². The molecule has 0 saturated heterocycles. The van der Waals surface area contributed by atoms with E-state index in [9.17, 15) is 10.2 Å². The molecule has 0 aromatic rings. The predicted octanol–water partition coefficient (Wildman–Crippen LogP) is 16.7. The van der Waals surface area contributed by atoms with Crippen molar-refractivity contribution in [2.24, 2.45) is 23.7 Å². The average Bonchev–Trinajstić information content (AvgIpc) is 3.16. The van der Waals surface area contributed by atoms with Crippen molar-refractivity contribution in [3.8, 4) is 0 Å². The van der Waals surface area contributed by atoms with E-state index in [0.29, 0.717) is 0 Å². The van der Waals surface area contributed by atoms with Gasteiger partial charge in [0, 0.05) is 0 Å². The molecule has 0 bridgehead atoms. The Labute approximate surface area is 386 Å². The number of hydrogen-bond acceptors (Lipinski definition) is 4. The van der Waals surface area contributed by atoms with Crippen LogP contribution in [0.25, 0.3) is 0 Å². The standard InChI is InChI=1S/2C26H50OS.Sn/c2*1-4-5-6-7-8-9-10-11-12-13-14-15-16-19-22-25(26(27)28)23-20-17-18-21-24(2)3;/h2*11-12,24-25H,4-10,13-23H2,1-3H3,(H,27,28);/q;;+2/p-2/b2*12-11-;. The van der Waals surface area contributed by atoms with Crippen LogP contribution in [0.2, 0.25) is 0 Å². The minimum Gasteiger partial charge on any atom is -0.867 e. The maximum Gasteiger partial charge on any atom is 2.00 e. The zero-order valence-electron chi connectivity index (χ0n) is 39.2. The Morgan fingerprint density at radius 3 is 0.807 bits per heavy atom. The van der Waals surface area contributed by atoms with Crippen LogP contribution in [-0.2, 0) is 0 Å². The molecule has 2 radical (unpaired) electrons. The van der Waals surface area contributed by atoms with Crippen molar-refractivity contribution in [3.05, 3.63) is 24.3 Å². The van der Waals surface area contributed by atoms with Crippen LogP contribution >= 0.6 is 24.4 Å². The Morgan fingerprint density at radius 2 is 0.561 bits per heavy atom. The fourth-order valence-electron chi connectivity index (χ4n) is 7.57. The second kappa shape index (κ2) is 50.4. The number of rotatable bonds is 42. The molecule has 0 rings (SSSR count). The molecule has 0 amide bonds. The summed E-state index contributed by atoms with van der Waals surface area (Å²) in [6, 6.07) is 0. The topological polar surface area (TPSA) is 46.1 Å². The van der Waals surface area contributed by atoms with Gasteiger partial charge in [-0.1, -0.05) is 230 Å². The summed E-state index contributed by atoms with van der Waals surface area (Å²) in [5.74, 6) is 1.88. The quantitative estimate of drug-likeness (QED) is 0.0265. The number of allylic oxidation sites excluding steroid dienone is 4. The Hall–Kier alpha value is 0.0587. The molecular formula is C52H98O2S2Sn. The zero-order chi connectivity index (χ0) is 41.7. The van der Waals surface area contributed by atoms with Crippen LogP contribution in [0.3, 0.4) is 0 Å². The molecule has 0 aliphatic heterocycles. The van der Waals surface area contributed by atoms with Crippen molar-refractivity contribution in [2.45, 2.75) is 273 Å². The maximum absolute atomic E-state index is 11.7. The van der Waals surface area contributed by atoms with E-state index in [-0.39, 0.29) is 45.8 Å². The molecule has 2 nitrogen and oxygen atoms in total. The molecule has 0 aromatic carbocycles. The van der Waals surface area contributed by atoms with Gasteiger partial charge < -0.3 is 10.2 Å². The van der Waals surface area contributed by atoms with Gasteiger partial charge >= 0.3 is 23.9 Å².